The number of ether oxygens (including phenoxy) is 1. The third kappa shape index (κ3) is 6.01. The van der Waals surface area contributed by atoms with Crippen LogP contribution in [-0.4, -0.2) is 54.7 Å². The van der Waals surface area contributed by atoms with Crippen LogP contribution in [0.4, 0.5) is 4.39 Å². The van der Waals surface area contributed by atoms with Crippen LogP contribution >= 0.6 is 11.6 Å². The first-order valence-electron chi connectivity index (χ1n) is 13.6. The Morgan fingerprint density at radius 2 is 1.98 bits per heavy atom. The number of aromatic nitrogens is 4. The Balaban J connectivity index is 1.11. The smallest absolute Gasteiger partial charge is 0.335 e. The minimum absolute atomic E-state index is 0.0217. The Morgan fingerprint density at radius 3 is 2.68 bits per heavy atom. The molecule has 6 rings (SSSR count). The van der Waals surface area contributed by atoms with Gasteiger partial charge in [0.15, 0.2) is 0 Å². The first-order valence-corrected chi connectivity index (χ1v) is 14.0. The molecule has 1 aliphatic heterocycles. The van der Waals surface area contributed by atoms with Gasteiger partial charge in [0.2, 0.25) is 5.88 Å². The van der Waals surface area contributed by atoms with Gasteiger partial charge in [-0.25, -0.2) is 19.2 Å². The summed E-state index contributed by atoms with van der Waals surface area (Å²) in [5.74, 6) is 0.383. The van der Waals surface area contributed by atoms with Crippen LogP contribution in [0.25, 0.3) is 11.0 Å². The summed E-state index contributed by atoms with van der Waals surface area (Å²) >= 11 is 5.85. The van der Waals surface area contributed by atoms with E-state index in [1.165, 1.54) is 6.07 Å². The molecule has 2 aromatic carbocycles. The number of carboxylic acid groups (broad SMARTS) is 1. The largest absolute Gasteiger partial charge is 0.478 e. The summed E-state index contributed by atoms with van der Waals surface area (Å²) in [6.07, 6.45) is 5.08. The zero-order valence-corrected chi connectivity index (χ0v) is 23.0. The number of aromatic carboxylic acids is 1. The Bertz CT molecular complexity index is 1660. The van der Waals surface area contributed by atoms with Crippen molar-refractivity contribution in [2.75, 3.05) is 13.1 Å². The van der Waals surface area contributed by atoms with Crippen molar-refractivity contribution in [1.82, 2.24) is 24.4 Å². The van der Waals surface area contributed by atoms with Crippen LogP contribution in [0, 0.1) is 22.6 Å². The molecule has 0 amide bonds. The van der Waals surface area contributed by atoms with Gasteiger partial charge in [-0.1, -0.05) is 17.7 Å². The molecule has 11 heteroatoms. The van der Waals surface area contributed by atoms with Crippen molar-refractivity contribution in [3.8, 4) is 11.9 Å². The maximum atomic E-state index is 14.2. The Labute approximate surface area is 241 Å². The summed E-state index contributed by atoms with van der Waals surface area (Å²) < 4.78 is 22.4. The highest BCUT2D eigenvalue weighted by atomic mass is 35.5. The fourth-order valence-corrected chi connectivity index (χ4v) is 5.44. The molecule has 2 aromatic heterocycles. The monoisotopic (exact) mass is 574 g/mol. The lowest BCUT2D eigenvalue weighted by molar-refractivity contribution is 0.0697. The van der Waals surface area contributed by atoms with Gasteiger partial charge < -0.3 is 14.4 Å². The molecule has 2 fully saturated rings. The topological polar surface area (TPSA) is 117 Å². The van der Waals surface area contributed by atoms with Gasteiger partial charge in [-0.15, -0.1) is 0 Å². The number of nitriles is 1. The van der Waals surface area contributed by atoms with E-state index in [1.54, 1.807) is 42.6 Å². The molecule has 9 nitrogen and oxygen atoms in total. The number of rotatable bonds is 9. The lowest BCUT2D eigenvalue weighted by atomic mass is 10.1. The summed E-state index contributed by atoms with van der Waals surface area (Å²) in [4.78, 5) is 27.5. The van der Waals surface area contributed by atoms with Crippen molar-refractivity contribution >= 4 is 28.6 Å². The Hall–Kier alpha value is -4.07. The number of halogens is 2. The Kier molecular flexibility index (Phi) is 7.32. The molecule has 0 unspecified atom stereocenters. The molecule has 41 heavy (non-hydrogen) atoms. The van der Waals surface area contributed by atoms with Crippen molar-refractivity contribution < 1.29 is 19.0 Å². The average molecular weight is 575 g/mol. The van der Waals surface area contributed by atoms with E-state index in [0.717, 1.165) is 55.6 Å². The molecular formula is C30H28ClFN6O3. The number of benzene rings is 2. The van der Waals surface area contributed by atoms with Crippen molar-refractivity contribution in [3.63, 3.8) is 0 Å². The molecule has 2 aliphatic rings. The summed E-state index contributed by atoms with van der Waals surface area (Å²) in [6.45, 7) is 2.67. The van der Waals surface area contributed by atoms with Crippen LogP contribution in [-0.2, 0) is 19.5 Å². The van der Waals surface area contributed by atoms with Crippen LogP contribution < -0.4 is 4.74 Å². The molecule has 0 atom stereocenters. The lowest BCUT2D eigenvalue weighted by Gasteiger charge is -2.31. The highest BCUT2D eigenvalue weighted by molar-refractivity contribution is 6.30. The van der Waals surface area contributed by atoms with E-state index >= 15 is 0 Å². The van der Waals surface area contributed by atoms with Crippen molar-refractivity contribution in [1.29, 1.82) is 5.26 Å². The summed E-state index contributed by atoms with van der Waals surface area (Å²) in [5, 5.41) is 19.6. The van der Waals surface area contributed by atoms with Crippen molar-refractivity contribution in [2.24, 2.45) is 5.41 Å². The summed E-state index contributed by atoms with van der Waals surface area (Å²) in [5.41, 5.74) is 1.74. The molecular weight excluding hydrogens is 547 g/mol. The van der Waals surface area contributed by atoms with Crippen molar-refractivity contribution in [3.05, 3.63) is 82.3 Å². The molecule has 1 N–H and O–H groups in total. The van der Waals surface area contributed by atoms with Gasteiger partial charge in [-0.2, -0.15) is 10.2 Å². The highest BCUT2D eigenvalue weighted by Gasteiger charge is 2.44. The van der Waals surface area contributed by atoms with Crippen LogP contribution in [0.1, 0.15) is 53.3 Å². The van der Waals surface area contributed by atoms with E-state index in [0.29, 0.717) is 35.4 Å². The summed E-state index contributed by atoms with van der Waals surface area (Å²) in [7, 11) is 0. The van der Waals surface area contributed by atoms with Crippen LogP contribution in [0.5, 0.6) is 5.88 Å². The third-order valence-corrected chi connectivity index (χ3v) is 8.09. The number of nitrogens with zero attached hydrogens (tertiary/aromatic N) is 6. The molecule has 210 valence electrons. The van der Waals surface area contributed by atoms with Gasteiger partial charge in [0.25, 0.3) is 0 Å². The molecule has 3 heterocycles. The van der Waals surface area contributed by atoms with Crippen LogP contribution in [0.15, 0.2) is 48.7 Å². The predicted octanol–water partition coefficient (Wildman–Crippen LogP) is 5.25. The van der Waals surface area contributed by atoms with E-state index in [4.69, 9.17) is 21.3 Å². The van der Waals surface area contributed by atoms with Crippen LogP contribution in [0.2, 0.25) is 5.02 Å². The zero-order chi connectivity index (χ0) is 28.6. The normalized spacial score (nSPS) is 16.9. The first kappa shape index (κ1) is 27.1. The van der Waals surface area contributed by atoms with Gasteiger partial charge in [0.05, 0.1) is 34.6 Å². The number of carbonyl (C=O) groups is 1. The number of carboxylic acids is 1. The number of likely N-dealkylation sites (tertiary alicyclic amines) is 1. The SMILES string of the molecule is N#CC1(Cn2c(CN3CCC(Oc4ccnc(Cc5ccc(Cl)cc5F)n4)CC3)nc3ccc(C(=O)O)cc32)CC1. The standard InChI is InChI=1S/C30H28ClFN6O3/c31-21-3-1-19(23(32)15-21)14-26-34-10-5-28(36-26)41-22-6-11-37(12-7-22)16-27-35-24-4-2-20(29(39)40)13-25(24)38(27)18-30(17-33)8-9-30/h1-5,10,13,15,22H,6-9,11-12,14,16,18H2,(H,39,40). The van der Waals surface area contributed by atoms with Crippen molar-refractivity contribution in [2.45, 2.75) is 51.3 Å². The lowest BCUT2D eigenvalue weighted by Crippen LogP contribution is -2.38. The average Bonchev–Trinajstić information content (AvgIpc) is 3.67. The number of hydrogen-bond donors (Lipinski definition) is 1. The zero-order valence-electron chi connectivity index (χ0n) is 22.3. The minimum Gasteiger partial charge on any atom is -0.478 e. The number of imidazole rings is 1. The third-order valence-electron chi connectivity index (χ3n) is 7.86. The van der Waals surface area contributed by atoms with Gasteiger partial charge >= 0.3 is 5.97 Å². The quantitative estimate of drug-likeness (QED) is 0.288. The second kappa shape index (κ2) is 11.1. The fraction of sp³-hybridized carbons (Fsp3) is 0.367. The molecule has 0 spiro atoms. The van der Waals surface area contributed by atoms with E-state index < -0.39 is 17.2 Å². The summed E-state index contributed by atoms with van der Waals surface area (Å²) in [6, 6.07) is 13.7. The number of hydrogen-bond acceptors (Lipinski definition) is 7. The van der Waals surface area contributed by atoms with E-state index in [-0.39, 0.29) is 18.1 Å². The first-order chi connectivity index (χ1) is 19.8. The Morgan fingerprint density at radius 1 is 1.17 bits per heavy atom. The number of fused-ring (bicyclic) bond motifs is 1. The molecule has 0 bridgehead atoms. The molecule has 1 saturated carbocycles. The second-order valence-corrected chi connectivity index (χ2v) is 11.3. The van der Waals surface area contributed by atoms with E-state index in [2.05, 4.69) is 20.9 Å². The molecule has 1 saturated heterocycles. The van der Waals surface area contributed by atoms with Crippen LogP contribution in [0.3, 0.4) is 0 Å². The second-order valence-electron chi connectivity index (χ2n) is 10.8. The minimum atomic E-state index is -0.988. The molecule has 1 aliphatic carbocycles. The molecule has 4 aromatic rings. The van der Waals surface area contributed by atoms with Gasteiger partial charge in [-0.3, -0.25) is 4.90 Å². The fourth-order valence-electron chi connectivity index (χ4n) is 5.28. The predicted molar refractivity (Wildman–Crippen MR) is 149 cm³/mol. The highest BCUT2D eigenvalue weighted by Crippen LogP contribution is 2.47. The maximum absolute atomic E-state index is 14.2. The van der Waals surface area contributed by atoms with Gasteiger partial charge in [0.1, 0.15) is 23.6 Å². The van der Waals surface area contributed by atoms with E-state index in [9.17, 15) is 19.6 Å². The number of piperidine rings is 1. The molecule has 0 radical (unpaired) electrons. The maximum Gasteiger partial charge on any atom is 0.335 e. The van der Waals surface area contributed by atoms with Gasteiger partial charge in [-0.05, 0) is 61.6 Å². The van der Waals surface area contributed by atoms with Gasteiger partial charge in [0, 0.05) is 43.3 Å². The van der Waals surface area contributed by atoms with E-state index in [1.807, 2.05) is 4.57 Å².